The molecular formula is C55H36S. The van der Waals surface area contributed by atoms with E-state index in [1.165, 1.54) is 119 Å². The summed E-state index contributed by atoms with van der Waals surface area (Å²) in [6.07, 6.45) is 0. The van der Waals surface area contributed by atoms with E-state index in [-0.39, 0.29) is 5.41 Å². The van der Waals surface area contributed by atoms with E-state index in [1.807, 2.05) is 11.3 Å². The number of hydrogen-bond donors (Lipinski definition) is 0. The minimum atomic E-state index is -0.123. The first kappa shape index (κ1) is 31.8. The Balaban J connectivity index is 1.07. The predicted octanol–water partition coefficient (Wildman–Crippen LogP) is 16.0. The van der Waals surface area contributed by atoms with Crippen LogP contribution in [0.2, 0.25) is 0 Å². The molecule has 12 rings (SSSR count). The summed E-state index contributed by atoms with van der Waals surface area (Å²) in [4.78, 5) is 0. The van der Waals surface area contributed by atoms with Crippen molar-refractivity contribution in [2.45, 2.75) is 19.3 Å². The van der Waals surface area contributed by atoms with Crippen LogP contribution in [0.3, 0.4) is 0 Å². The van der Waals surface area contributed by atoms with Crippen molar-refractivity contribution in [2.75, 3.05) is 0 Å². The fourth-order valence-corrected chi connectivity index (χ4v) is 11.4. The molecule has 0 amide bonds. The van der Waals surface area contributed by atoms with Crippen LogP contribution in [0.25, 0.3) is 108 Å². The van der Waals surface area contributed by atoms with Crippen molar-refractivity contribution in [2.24, 2.45) is 0 Å². The van der Waals surface area contributed by atoms with Gasteiger partial charge in [0.15, 0.2) is 0 Å². The molecule has 1 aliphatic carbocycles. The van der Waals surface area contributed by atoms with Crippen molar-refractivity contribution in [1.29, 1.82) is 0 Å². The van der Waals surface area contributed by atoms with Gasteiger partial charge in [0.05, 0.1) is 0 Å². The van der Waals surface area contributed by atoms with Crippen molar-refractivity contribution in [1.82, 2.24) is 0 Å². The topological polar surface area (TPSA) is 0 Å². The Morgan fingerprint density at radius 2 is 0.946 bits per heavy atom. The normalized spacial score (nSPS) is 13.3. The standard InChI is InChI=1S/C55H36S/c1-55(2)48-30-25-35(32-47(48)45-29-31-49-52(53(45)55)46-26-24-33-14-6-7-17-37(33)54(46)56-49)36-27-28-44(39-19-9-8-18-38(36)39)51-42-22-12-10-20-40(42)50(34-15-4-3-5-16-34)41-21-11-13-23-43(41)51/h3-32H,1-2H3. The van der Waals surface area contributed by atoms with Crippen LogP contribution in [0.4, 0.5) is 0 Å². The van der Waals surface area contributed by atoms with E-state index in [1.54, 1.807) is 0 Å². The maximum Gasteiger partial charge on any atom is 0.0433 e. The van der Waals surface area contributed by atoms with Crippen LogP contribution in [-0.2, 0) is 5.41 Å². The van der Waals surface area contributed by atoms with Gasteiger partial charge in [-0.2, -0.15) is 0 Å². The van der Waals surface area contributed by atoms with Gasteiger partial charge in [-0.15, -0.1) is 11.3 Å². The van der Waals surface area contributed by atoms with Crippen LogP contribution in [0.5, 0.6) is 0 Å². The summed E-state index contributed by atoms with van der Waals surface area (Å²) in [7, 11) is 0. The third-order valence-corrected chi connectivity index (χ3v) is 13.8. The number of rotatable bonds is 3. The van der Waals surface area contributed by atoms with E-state index in [0.717, 1.165) is 0 Å². The molecule has 56 heavy (non-hydrogen) atoms. The lowest BCUT2D eigenvalue weighted by molar-refractivity contribution is 0.667. The van der Waals surface area contributed by atoms with Crippen LogP contribution in [-0.4, -0.2) is 0 Å². The molecule has 0 unspecified atom stereocenters. The van der Waals surface area contributed by atoms with Gasteiger partial charge in [0, 0.05) is 25.6 Å². The van der Waals surface area contributed by atoms with Crippen molar-refractivity contribution < 1.29 is 0 Å². The van der Waals surface area contributed by atoms with Gasteiger partial charge in [-0.05, 0) is 111 Å². The van der Waals surface area contributed by atoms with Gasteiger partial charge in [0.25, 0.3) is 0 Å². The maximum absolute atomic E-state index is 2.47. The van der Waals surface area contributed by atoms with Crippen LogP contribution in [0.1, 0.15) is 25.0 Å². The van der Waals surface area contributed by atoms with Gasteiger partial charge >= 0.3 is 0 Å². The van der Waals surface area contributed by atoms with E-state index in [2.05, 4.69) is 196 Å². The lowest BCUT2D eigenvalue weighted by Crippen LogP contribution is -2.15. The molecule has 262 valence electrons. The first-order valence-electron chi connectivity index (χ1n) is 19.6. The molecular weight excluding hydrogens is 693 g/mol. The highest BCUT2D eigenvalue weighted by Crippen LogP contribution is 2.55. The molecule has 10 aromatic carbocycles. The SMILES string of the molecule is CC1(C)c2ccc(-c3ccc(-c4c5ccccc5c(-c5ccccc5)c5ccccc45)c4ccccc34)cc2-c2ccc3sc4c5ccccc5ccc4c3c21. The van der Waals surface area contributed by atoms with Gasteiger partial charge in [0.1, 0.15) is 0 Å². The first-order chi connectivity index (χ1) is 27.6. The number of hydrogen-bond acceptors (Lipinski definition) is 1. The molecule has 0 saturated heterocycles. The summed E-state index contributed by atoms with van der Waals surface area (Å²) in [5.41, 5.74) is 13.1. The van der Waals surface area contributed by atoms with Crippen LogP contribution in [0, 0.1) is 0 Å². The smallest absolute Gasteiger partial charge is 0.0433 e. The zero-order chi connectivity index (χ0) is 37.1. The first-order valence-corrected chi connectivity index (χ1v) is 20.4. The number of fused-ring (bicyclic) bond motifs is 12. The van der Waals surface area contributed by atoms with E-state index in [0.29, 0.717) is 0 Å². The summed E-state index contributed by atoms with van der Waals surface area (Å²) < 4.78 is 2.76. The van der Waals surface area contributed by atoms with Gasteiger partial charge in [-0.3, -0.25) is 0 Å². The Morgan fingerprint density at radius 1 is 0.375 bits per heavy atom. The lowest BCUT2D eigenvalue weighted by atomic mass is 9.80. The molecule has 11 aromatic rings. The molecule has 1 aromatic heterocycles. The minimum Gasteiger partial charge on any atom is -0.135 e. The van der Waals surface area contributed by atoms with E-state index < -0.39 is 0 Å². The molecule has 1 heterocycles. The van der Waals surface area contributed by atoms with Crippen molar-refractivity contribution >= 4 is 74.6 Å². The van der Waals surface area contributed by atoms with Gasteiger partial charge in [-0.25, -0.2) is 0 Å². The maximum atomic E-state index is 2.47. The Kier molecular flexibility index (Phi) is 6.66. The average Bonchev–Trinajstić information content (AvgIpc) is 3.74. The average molecular weight is 729 g/mol. The zero-order valence-corrected chi connectivity index (χ0v) is 32.0. The predicted molar refractivity (Wildman–Crippen MR) is 243 cm³/mol. The lowest BCUT2D eigenvalue weighted by Gasteiger charge is -2.23. The summed E-state index contributed by atoms with van der Waals surface area (Å²) in [5.74, 6) is 0. The highest BCUT2D eigenvalue weighted by atomic mass is 32.1. The van der Waals surface area contributed by atoms with E-state index in [4.69, 9.17) is 0 Å². The van der Waals surface area contributed by atoms with Gasteiger partial charge in [-0.1, -0.05) is 184 Å². The third-order valence-electron chi connectivity index (χ3n) is 12.6. The fourth-order valence-electron chi connectivity index (χ4n) is 10.2. The molecule has 0 N–H and O–H groups in total. The van der Waals surface area contributed by atoms with Gasteiger partial charge < -0.3 is 0 Å². The van der Waals surface area contributed by atoms with E-state index in [9.17, 15) is 0 Å². The molecule has 0 atom stereocenters. The molecule has 1 aliphatic rings. The third kappa shape index (κ3) is 4.35. The molecule has 0 aliphatic heterocycles. The minimum absolute atomic E-state index is 0.123. The van der Waals surface area contributed by atoms with Crippen LogP contribution >= 0.6 is 11.3 Å². The van der Waals surface area contributed by atoms with Crippen LogP contribution < -0.4 is 0 Å². The summed E-state index contributed by atoms with van der Waals surface area (Å²) in [6, 6.07) is 68.0. The highest BCUT2D eigenvalue weighted by Gasteiger charge is 2.38. The molecule has 0 bridgehead atoms. The van der Waals surface area contributed by atoms with Crippen LogP contribution in [0.15, 0.2) is 182 Å². The monoisotopic (exact) mass is 728 g/mol. The number of benzene rings is 10. The van der Waals surface area contributed by atoms with Crippen molar-refractivity contribution in [3.63, 3.8) is 0 Å². The molecule has 0 spiro atoms. The largest absolute Gasteiger partial charge is 0.135 e. The molecule has 0 saturated carbocycles. The summed E-state index contributed by atoms with van der Waals surface area (Å²) in [6.45, 7) is 4.84. The summed E-state index contributed by atoms with van der Waals surface area (Å²) in [5, 5.41) is 13.1. The molecule has 0 nitrogen and oxygen atoms in total. The Morgan fingerprint density at radius 3 is 1.66 bits per heavy atom. The Labute approximate surface area is 329 Å². The fraction of sp³-hybridized carbons (Fsp3) is 0.0545. The molecule has 0 radical (unpaired) electrons. The van der Waals surface area contributed by atoms with Crippen molar-refractivity contribution in [3.8, 4) is 44.5 Å². The Hall–Kier alpha value is -6.54. The number of thiophene rings is 1. The second kappa shape index (κ2) is 11.7. The highest BCUT2D eigenvalue weighted by molar-refractivity contribution is 7.26. The van der Waals surface area contributed by atoms with E-state index >= 15 is 0 Å². The zero-order valence-electron chi connectivity index (χ0n) is 31.2. The quantitative estimate of drug-likeness (QED) is 0.159. The summed E-state index contributed by atoms with van der Waals surface area (Å²) >= 11 is 1.94. The second-order valence-corrected chi connectivity index (χ2v) is 17.0. The second-order valence-electron chi connectivity index (χ2n) is 15.9. The molecule has 0 fully saturated rings. The van der Waals surface area contributed by atoms with Gasteiger partial charge in [0.2, 0.25) is 0 Å². The Bertz CT molecular complexity index is 3380. The van der Waals surface area contributed by atoms with Crippen molar-refractivity contribution in [3.05, 3.63) is 193 Å². The molecule has 1 heteroatoms.